The first-order chi connectivity index (χ1) is 15.2. The van der Waals surface area contributed by atoms with Crippen molar-refractivity contribution in [3.63, 3.8) is 0 Å². The van der Waals surface area contributed by atoms with E-state index in [9.17, 15) is 4.79 Å². The molecule has 3 aromatic carbocycles. The molecule has 0 aliphatic carbocycles. The molecule has 0 amide bonds. The van der Waals surface area contributed by atoms with Crippen LogP contribution in [-0.4, -0.2) is 17.5 Å². The maximum Gasteiger partial charge on any atom is 0.163 e. The molecule has 1 unspecified atom stereocenters. The first-order valence-electron chi connectivity index (χ1n) is 11.0. The van der Waals surface area contributed by atoms with Gasteiger partial charge in [-0.25, -0.2) is 0 Å². The van der Waals surface area contributed by atoms with Crippen LogP contribution in [-0.2, 0) is 6.54 Å². The summed E-state index contributed by atoms with van der Waals surface area (Å²) >= 11 is 0. The van der Waals surface area contributed by atoms with Crippen molar-refractivity contribution in [2.24, 2.45) is 0 Å². The van der Waals surface area contributed by atoms with Gasteiger partial charge in [0.15, 0.2) is 5.78 Å². The smallest absolute Gasteiger partial charge is 0.163 e. The molecule has 3 nitrogen and oxygen atoms in total. The van der Waals surface area contributed by atoms with E-state index in [0.29, 0.717) is 6.42 Å². The number of Topliss-reactive ketones (excluding diaryl/α,β-unsaturated/α-hetero) is 1. The third kappa shape index (κ3) is 4.56. The van der Waals surface area contributed by atoms with Gasteiger partial charge >= 0.3 is 0 Å². The van der Waals surface area contributed by atoms with Crippen LogP contribution in [0, 0.1) is 0 Å². The summed E-state index contributed by atoms with van der Waals surface area (Å²) in [5.74, 6) is 0.959. The molecule has 4 aromatic rings. The number of hydrogen-bond donors (Lipinski definition) is 0. The Morgan fingerprint density at radius 1 is 0.935 bits per heavy atom. The number of benzene rings is 3. The number of ketones is 1. The number of fused-ring (bicyclic) bond motifs is 1. The summed E-state index contributed by atoms with van der Waals surface area (Å²) in [5, 5.41) is 1.22. The quantitative estimate of drug-likeness (QED) is 0.282. The van der Waals surface area contributed by atoms with Crippen LogP contribution in [0.15, 0.2) is 85.1 Å². The number of aromatic nitrogens is 1. The van der Waals surface area contributed by atoms with E-state index in [-0.39, 0.29) is 11.7 Å². The van der Waals surface area contributed by atoms with E-state index >= 15 is 0 Å². The Hall–Kier alpha value is -3.33. The van der Waals surface area contributed by atoms with Gasteiger partial charge in [0.25, 0.3) is 0 Å². The third-order valence-electron chi connectivity index (χ3n) is 5.95. The maximum atomic E-state index is 13.2. The topological polar surface area (TPSA) is 31.2 Å². The van der Waals surface area contributed by atoms with Crippen molar-refractivity contribution in [1.29, 1.82) is 0 Å². The van der Waals surface area contributed by atoms with Crippen LogP contribution < -0.4 is 4.74 Å². The molecule has 158 valence electrons. The third-order valence-corrected chi connectivity index (χ3v) is 5.95. The molecular formula is C28H29NO2. The SMILES string of the molecule is CCCCn1cc(C(CC(=O)c2ccccc2)c2ccc(OC)cc2)c2ccccc21. The Bertz CT molecular complexity index is 1140. The molecular weight excluding hydrogens is 382 g/mol. The van der Waals surface area contributed by atoms with Crippen molar-refractivity contribution in [1.82, 2.24) is 4.57 Å². The van der Waals surface area contributed by atoms with Crippen LogP contribution >= 0.6 is 0 Å². The highest BCUT2D eigenvalue weighted by Crippen LogP contribution is 2.36. The standard InChI is InChI=1S/C28H29NO2/c1-3-4-18-29-20-26(24-12-8-9-13-27(24)29)25(21-14-16-23(31-2)17-15-21)19-28(30)22-10-6-5-7-11-22/h5-17,20,25H,3-4,18-19H2,1-2H3. The molecule has 0 N–H and O–H groups in total. The predicted octanol–water partition coefficient (Wildman–Crippen LogP) is 6.85. The largest absolute Gasteiger partial charge is 0.497 e. The lowest BCUT2D eigenvalue weighted by Crippen LogP contribution is -2.09. The van der Waals surface area contributed by atoms with Gasteiger partial charge in [0.2, 0.25) is 0 Å². The Kier molecular flexibility index (Phi) is 6.51. The van der Waals surface area contributed by atoms with Crippen molar-refractivity contribution >= 4 is 16.7 Å². The van der Waals surface area contributed by atoms with Crippen molar-refractivity contribution in [3.05, 3.63) is 102 Å². The van der Waals surface area contributed by atoms with Gasteiger partial charge in [-0.3, -0.25) is 4.79 Å². The molecule has 3 heteroatoms. The normalized spacial score (nSPS) is 12.1. The summed E-state index contributed by atoms with van der Waals surface area (Å²) in [6.45, 7) is 3.20. The number of carbonyl (C=O) groups is 1. The molecule has 0 bridgehead atoms. The lowest BCUT2D eigenvalue weighted by atomic mass is 9.85. The predicted molar refractivity (Wildman–Crippen MR) is 127 cm³/mol. The van der Waals surface area contributed by atoms with Crippen LogP contribution in [0.4, 0.5) is 0 Å². The fourth-order valence-corrected chi connectivity index (χ4v) is 4.24. The molecule has 1 atom stereocenters. The summed E-state index contributed by atoms with van der Waals surface area (Å²) in [6.07, 6.45) is 4.97. The number of para-hydroxylation sites is 1. The van der Waals surface area contributed by atoms with Crippen molar-refractivity contribution in [3.8, 4) is 5.75 Å². The van der Waals surface area contributed by atoms with Crippen LogP contribution in [0.2, 0.25) is 0 Å². The van der Waals surface area contributed by atoms with E-state index in [0.717, 1.165) is 36.3 Å². The number of unbranched alkanes of at least 4 members (excludes halogenated alkanes) is 1. The zero-order chi connectivity index (χ0) is 21.6. The van der Waals surface area contributed by atoms with E-state index in [2.05, 4.69) is 54.1 Å². The second kappa shape index (κ2) is 9.65. The van der Waals surface area contributed by atoms with Crippen LogP contribution in [0.5, 0.6) is 5.75 Å². The minimum absolute atomic E-state index is 0.0219. The molecule has 31 heavy (non-hydrogen) atoms. The molecule has 0 aliphatic heterocycles. The van der Waals surface area contributed by atoms with Gasteiger partial charge in [0, 0.05) is 41.5 Å². The van der Waals surface area contributed by atoms with Crippen LogP contribution in [0.1, 0.15) is 53.6 Å². The van der Waals surface area contributed by atoms with Crippen LogP contribution in [0.25, 0.3) is 10.9 Å². The molecule has 0 fully saturated rings. The number of ether oxygens (including phenoxy) is 1. The molecule has 0 radical (unpaired) electrons. The average molecular weight is 412 g/mol. The number of methoxy groups -OCH3 is 1. The lowest BCUT2D eigenvalue weighted by molar-refractivity contribution is 0.0978. The van der Waals surface area contributed by atoms with Gasteiger partial charge in [0.1, 0.15) is 5.75 Å². The number of nitrogens with zero attached hydrogens (tertiary/aromatic N) is 1. The van der Waals surface area contributed by atoms with Crippen molar-refractivity contribution in [2.75, 3.05) is 7.11 Å². The summed E-state index contributed by atoms with van der Waals surface area (Å²) < 4.78 is 7.70. The minimum atomic E-state index is -0.0219. The average Bonchev–Trinajstić information content (AvgIpc) is 3.20. The second-order valence-electron chi connectivity index (χ2n) is 7.97. The first-order valence-corrected chi connectivity index (χ1v) is 11.0. The van der Waals surface area contributed by atoms with E-state index in [1.165, 1.54) is 16.5 Å². The monoisotopic (exact) mass is 411 g/mol. The number of aryl methyl sites for hydroxylation is 1. The van der Waals surface area contributed by atoms with E-state index in [4.69, 9.17) is 4.74 Å². The van der Waals surface area contributed by atoms with E-state index in [1.54, 1.807) is 7.11 Å². The van der Waals surface area contributed by atoms with Gasteiger partial charge < -0.3 is 9.30 Å². The fraction of sp³-hybridized carbons (Fsp3) is 0.250. The van der Waals surface area contributed by atoms with Gasteiger partial charge in [-0.2, -0.15) is 0 Å². The van der Waals surface area contributed by atoms with E-state index in [1.807, 2.05) is 42.5 Å². The molecule has 4 rings (SSSR count). The van der Waals surface area contributed by atoms with Gasteiger partial charge in [-0.15, -0.1) is 0 Å². The molecule has 0 saturated heterocycles. The summed E-state index contributed by atoms with van der Waals surface area (Å²) in [6, 6.07) is 26.2. The number of rotatable bonds is 9. The number of hydrogen-bond acceptors (Lipinski definition) is 2. The zero-order valence-electron chi connectivity index (χ0n) is 18.3. The Morgan fingerprint density at radius 2 is 1.65 bits per heavy atom. The van der Waals surface area contributed by atoms with Gasteiger partial charge in [-0.1, -0.05) is 74.0 Å². The first kappa shape index (κ1) is 20.9. The maximum absolute atomic E-state index is 13.2. The highest BCUT2D eigenvalue weighted by molar-refractivity contribution is 5.97. The molecule has 1 aromatic heterocycles. The van der Waals surface area contributed by atoms with Crippen LogP contribution in [0.3, 0.4) is 0 Å². The highest BCUT2D eigenvalue weighted by atomic mass is 16.5. The lowest BCUT2D eigenvalue weighted by Gasteiger charge is -2.17. The minimum Gasteiger partial charge on any atom is -0.497 e. The molecule has 1 heterocycles. The highest BCUT2D eigenvalue weighted by Gasteiger charge is 2.23. The summed E-state index contributed by atoms with van der Waals surface area (Å²) in [5.41, 5.74) is 4.33. The fourth-order valence-electron chi connectivity index (χ4n) is 4.24. The molecule has 0 saturated carbocycles. The Labute approximate surface area is 184 Å². The number of carbonyl (C=O) groups excluding carboxylic acids is 1. The molecule has 0 aliphatic rings. The summed E-state index contributed by atoms with van der Waals surface area (Å²) in [4.78, 5) is 13.2. The van der Waals surface area contributed by atoms with Gasteiger partial charge in [-0.05, 0) is 35.7 Å². The summed E-state index contributed by atoms with van der Waals surface area (Å²) in [7, 11) is 1.67. The molecule has 0 spiro atoms. The van der Waals surface area contributed by atoms with E-state index < -0.39 is 0 Å². The zero-order valence-corrected chi connectivity index (χ0v) is 18.3. The Morgan fingerprint density at radius 3 is 2.35 bits per heavy atom. The van der Waals surface area contributed by atoms with Crippen molar-refractivity contribution in [2.45, 2.75) is 38.6 Å². The van der Waals surface area contributed by atoms with Gasteiger partial charge in [0.05, 0.1) is 7.11 Å². The Balaban J connectivity index is 1.79. The second-order valence-corrected chi connectivity index (χ2v) is 7.97. The van der Waals surface area contributed by atoms with Crippen molar-refractivity contribution < 1.29 is 9.53 Å².